The average molecular weight is 312 g/mol. The third-order valence-corrected chi connectivity index (χ3v) is 5.28. The zero-order valence-corrected chi connectivity index (χ0v) is 11.8. The first-order valence-electron chi connectivity index (χ1n) is 5.75. The van der Waals surface area contributed by atoms with E-state index in [2.05, 4.69) is 38.0 Å². The topological polar surface area (TPSA) is 54.7 Å². The van der Waals surface area contributed by atoms with Crippen LogP contribution in [0.2, 0.25) is 0 Å². The lowest BCUT2D eigenvalue weighted by molar-refractivity contribution is 0.240. The van der Waals surface area contributed by atoms with Gasteiger partial charge in [0.15, 0.2) is 0 Å². The summed E-state index contributed by atoms with van der Waals surface area (Å²) in [6.07, 6.45) is 5.50. The fraction of sp³-hybridized carbons (Fsp3) is 0.417. The van der Waals surface area contributed by atoms with E-state index in [1.807, 2.05) is 6.20 Å². The number of aromatic nitrogens is 2. The van der Waals surface area contributed by atoms with Crippen LogP contribution >= 0.6 is 27.3 Å². The molecule has 1 fully saturated rings. The lowest BCUT2D eigenvalue weighted by Gasteiger charge is -2.38. The molecule has 1 saturated carbocycles. The van der Waals surface area contributed by atoms with Crippen LogP contribution in [0.4, 0.5) is 0 Å². The highest BCUT2D eigenvalue weighted by atomic mass is 79.9. The molecule has 2 heterocycles. The Bertz CT molecular complexity index is 522. The molecular weight excluding hydrogens is 298 g/mol. The fourth-order valence-electron chi connectivity index (χ4n) is 2.32. The Labute approximate surface area is 113 Å². The molecular formula is C12H14BrN3S. The second-order valence-electron chi connectivity index (χ2n) is 4.59. The molecule has 3 nitrogen and oxygen atoms in total. The number of hydrogen-bond donors (Lipinski definition) is 2. The Balaban J connectivity index is 1.92. The number of H-pyrrole nitrogens is 1. The van der Waals surface area contributed by atoms with Crippen molar-refractivity contribution in [3.8, 4) is 10.6 Å². The molecule has 0 spiro atoms. The lowest BCUT2D eigenvalue weighted by Crippen LogP contribution is -2.42. The van der Waals surface area contributed by atoms with E-state index in [1.165, 1.54) is 11.3 Å². The van der Waals surface area contributed by atoms with Gasteiger partial charge in [-0.05, 0) is 40.9 Å². The summed E-state index contributed by atoms with van der Waals surface area (Å²) in [4.78, 5) is 9.17. The Morgan fingerprint density at radius 1 is 1.47 bits per heavy atom. The standard InChI is InChI=1S/C12H14BrN3S/c13-10-3-2-9(17-10)8-6-15-11(16-8)12(7-14)4-1-5-12/h2-3,6H,1,4-5,7,14H2,(H,15,16). The second-order valence-corrected chi connectivity index (χ2v) is 7.05. The maximum Gasteiger partial charge on any atom is 0.114 e. The predicted octanol–water partition coefficient (Wildman–Crippen LogP) is 3.28. The number of thiophene rings is 1. The number of aromatic amines is 1. The largest absolute Gasteiger partial charge is 0.341 e. The third kappa shape index (κ3) is 1.86. The van der Waals surface area contributed by atoms with E-state index >= 15 is 0 Å². The Morgan fingerprint density at radius 3 is 2.82 bits per heavy atom. The second kappa shape index (κ2) is 4.23. The lowest BCUT2D eigenvalue weighted by atomic mass is 9.68. The number of nitrogens with one attached hydrogen (secondary N) is 1. The van der Waals surface area contributed by atoms with Crippen LogP contribution in [0.25, 0.3) is 10.6 Å². The normalized spacial score (nSPS) is 18.0. The fourth-order valence-corrected chi connectivity index (χ4v) is 3.67. The van der Waals surface area contributed by atoms with E-state index in [0.717, 1.165) is 28.1 Å². The van der Waals surface area contributed by atoms with E-state index in [-0.39, 0.29) is 5.41 Å². The minimum Gasteiger partial charge on any atom is -0.341 e. The van der Waals surface area contributed by atoms with Crippen LogP contribution < -0.4 is 5.73 Å². The SMILES string of the molecule is NCC1(c2ncc(-c3ccc(Br)s3)[nH]2)CCC1. The summed E-state index contributed by atoms with van der Waals surface area (Å²) in [5.74, 6) is 1.06. The minimum atomic E-state index is 0.118. The van der Waals surface area contributed by atoms with Gasteiger partial charge in [0, 0.05) is 12.0 Å². The molecule has 0 bridgehead atoms. The van der Waals surface area contributed by atoms with Crippen LogP contribution in [0.3, 0.4) is 0 Å². The molecule has 0 unspecified atom stereocenters. The summed E-state index contributed by atoms with van der Waals surface area (Å²) in [6.45, 7) is 0.689. The smallest absolute Gasteiger partial charge is 0.114 e. The molecule has 17 heavy (non-hydrogen) atoms. The molecule has 90 valence electrons. The summed E-state index contributed by atoms with van der Waals surface area (Å²) in [6, 6.07) is 4.16. The van der Waals surface area contributed by atoms with Crippen LogP contribution in [0, 0.1) is 0 Å². The van der Waals surface area contributed by atoms with Gasteiger partial charge in [-0.1, -0.05) is 6.42 Å². The summed E-state index contributed by atoms with van der Waals surface area (Å²) >= 11 is 5.19. The maximum atomic E-state index is 5.89. The van der Waals surface area contributed by atoms with Crippen molar-refractivity contribution >= 4 is 27.3 Å². The van der Waals surface area contributed by atoms with Gasteiger partial charge in [-0.3, -0.25) is 0 Å². The van der Waals surface area contributed by atoms with E-state index in [1.54, 1.807) is 11.3 Å². The van der Waals surface area contributed by atoms with Gasteiger partial charge in [-0.25, -0.2) is 4.98 Å². The zero-order chi connectivity index (χ0) is 11.9. The number of imidazole rings is 1. The molecule has 0 saturated heterocycles. The Morgan fingerprint density at radius 2 is 2.29 bits per heavy atom. The first-order valence-corrected chi connectivity index (χ1v) is 7.36. The third-order valence-electron chi connectivity index (χ3n) is 3.62. The molecule has 0 aliphatic heterocycles. The molecule has 0 aromatic carbocycles. The van der Waals surface area contributed by atoms with Gasteiger partial charge in [0.1, 0.15) is 5.82 Å². The zero-order valence-electron chi connectivity index (χ0n) is 9.37. The van der Waals surface area contributed by atoms with Crippen LogP contribution in [0.5, 0.6) is 0 Å². The first-order chi connectivity index (χ1) is 8.23. The van der Waals surface area contributed by atoms with Crippen LogP contribution in [-0.2, 0) is 5.41 Å². The summed E-state index contributed by atoms with van der Waals surface area (Å²) < 4.78 is 1.14. The Kier molecular flexibility index (Phi) is 2.84. The molecule has 2 aromatic heterocycles. The molecule has 2 aromatic rings. The summed E-state index contributed by atoms with van der Waals surface area (Å²) in [5.41, 5.74) is 7.10. The van der Waals surface area contributed by atoms with E-state index in [4.69, 9.17) is 5.73 Å². The van der Waals surface area contributed by atoms with Crippen molar-refractivity contribution in [2.75, 3.05) is 6.54 Å². The minimum absolute atomic E-state index is 0.118. The van der Waals surface area contributed by atoms with Gasteiger partial charge in [-0.2, -0.15) is 0 Å². The molecule has 0 amide bonds. The van der Waals surface area contributed by atoms with Gasteiger partial charge < -0.3 is 10.7 Å². The molecule has 0 atom stereocenters. The number of nitrogens with two attached hydrogens (primary N) is 1. The van der Waals surface area contributed by atoms with Gasteiger partial charge in [0.05, 0.1) is 20.6 Å². The predicted molar refractivity (Wildman–Crippen MR) is 74.2 cm³/mol. The van der Waals surface area contributed by atoms with Gasteiger partial charge in [0.25, 0.3) is 0 Å². The van der Waals surface area contributed by atoms with Crippen molar-refractivity contribution in [3.63, 3.8) is 0 Å². The number of nitrogens with zero attached hydrogens (tertiary/aromatic N) is 1. The van der Waals surface area contributed by atoms with Crippen molar-refractivity contribution in [1.82, 2.24) is 9.97 Å². The van der Waals surface area contributed by atoms with Gasteiger partial charge in [0.2, 0.25) is 0 Å². The van der Waals surface area contributed by atoms with Gasteiger partial charge >= 0.3 is 0 Å². The highest BCUT2D eigenvalue weighted by Crippen LogP contribution is 2.42. The van der Waals surface area contributed by atoms with Gasteiger partial charge in [-0.15, -0.1) is 11.3 Å². The Hall–Kier alpha value is -0.650. The maximum absolute atomic E-state index is 5.89. The van der Waals surface area contributed by atoms with E-state index in [0.29, 0.717) is 6.54 Å². The first kappa shape index (κ1) is 11.4. The average Bonchev–Trinajstić information content (AvgIpc) is 2.86. The monoisotopic (exact) mass is 311 g/mol. The molecule has 3 N–H and O–H groups in total. The van der Waals surface area contributed by atoms with Crippen LogP contribution in [0.15, 0.2) is 22.1 Å². The molecule has 0 radical (unpaired) electrons. The highest BCUT2D eigenvalue weighted by Gasteiger charge is 2.39. The van der Waals surface area contributed by atoms with Crippen molar-refractivity contribution in [1.29, 1.82) is 0 Å². The molecule has 3 rings (SSSR count). The molecule has 5 heteroatoms. The molecule has 1 aliphatic rings. The summed E-state index contributed by atoms with van der Waals surface area (Å²) in [7, 11) is 0. The van der Waals surface area contributed by atoms with E-state index < -0.39 is 0 Å². The van der Waals surface area contributed by atoms with Crippen molar-refractivity contribution in [2.24, 2.45) is 5.73 Å². The van der Waals surface area contributed by atoms with Crippen LogP contribution in [-0.4, -0.2) is 16.5 Å². The summed E-state index contributed by atoms with van der Waals surface area (Å²) in [5, 5.41) is 0. The number of halogens is 1. The quantitative estimate of drug-likeness (QED) is 0.914. The number of rotatable bonds is 3. The highest BCUT2D eigenvalue weighted by molar-refractivity contribution is 9.11. The van der Waals surface area contributed by atoms with Crippen molar-refractivity contribution in [3.05, 3.63) is 27.9 Å². The van der Waals surface area contributed by atoms with Crippen molar-refractivity contribution in [2.45, 2.75) is 24.7 Å². The van der Waals surface area contributed by atoms with Crippen LogP contribution in [0.1, 0.15) is 25.1 Å². The van der Waals surface area contributed by atoms with E-state index in [9.17, 15) is 0 Å². The number of hydrogen-bond acceptors (Lipinski definition) is 3. The van der Waals surface area contributed by atoms with Crippen molar-refractivity contribution < 1.29 is 0 Å². The molecule has 1 aliphatic carbocycles.